The molecule has 2 aromatic rings. The van der Waals surface area contributed by atoms with Gasteiger partial charge in [0.05, 0.1) is 18.6 Å². The second kappa shape index (κ2) is 10.2. The highest BCUT2D eigenvalue weighted by molar-refractivity contribution is 7.99. The average Bonchev–Trinajstić information content (AvgIpc) is 2.63. The molecule has 5 nitrogen and oxygen atoms in total. The van der Waals surface area contributed by atoms with Crippen molar-refractivity contribution >= 4 is 40.9 Å². The number of carbonyl (C=O) groups excluding carboxylic acids is 2. The van der Waals surface area contributed by atoms with Crippen molar-refractivity contribution in [3.05, 3.63) is 53.3 Å². The number of ether oxygens (including phenoxy) is 2. The normalized spacial score (nSPS) is 11.6. The first-order chi connectivity index (χ1) is 12.9. The minimum Gasteiger partial charge on any atom is -0.495 e. The van der Waals surface area contributed by atoms with E-state index in [0.29, 0.717) is 22.2 Å². The predicted octanol–water partition coefficient (Wildman–Crippen LogP) is 4.54. The summed E-state index contributed by atoms with van der Waals surface area (Å²) in [5.74, 6) is -0.298. The van der Waals surface area contributed by atoms with Gasteiger partial charge in [0.25, 0.3) is 5.91 Å². The molecule has 144 valence electrons. The number of hydrogen-bond donors (Lipinski definition) is 1. The first-order valence-electron chi connectivity index (χ1n) is 8.11. The third kappa shape index (κ3) is 6.77. The lowest BCUT2D eigenvalue weighted by molar-refractivity contribution is -0.152. The molecule has 1 atom stereocenters. The van der Waals surface area contributed by atoms with Crippen LogP contribution in [0.5, 0.6) is 5.75 Å². The summed E-state index contributed by atoms with van der Waals surface area (Å²) in [5.41, 5.74) is 0.473. The van der Waals surface area contributed by atoms with Crippen LogP contribution in [-0.4, -0.2) is 30.8 Å². The van der Waals surface area contributed by atoms with E-state index in [-0.39, 0.29) is 12.2 Å². The molecule has 27 heavy (non-hydrogen) atoms. The topological polar surface area (TPSA) is 64.6 Å². The summed E-state index contributed by atoms with van der Waals surface area (Å²) >= 11 is 7.41. The van der Waals surface area contributed by atoms with Crippen LogP contribution in [0.2, 0.25) is 5.02 Å². The van der Waals surface area contributed by atoms with Crippen LogP contribution in [0.1, 0.15) is 13.3 Å². The van der Waals surface area contributed by atoms with Gasteiger partial charge in [0.15, 0.2) is 6.10 Å². The number of carbonyl (C=O) groups is 2. The Balaban J connectivity index is 1.76. The van der Waals surface area contributed by atoms with Gasteiger partial charge in [0, 0.05) is 16.3 Å². The van der Waals surface area contributed by atoms with Crippen LogP contribution in [0, 0.1) is 5.82 Å². The van der Waals surface area contributed by atoms with Gasteiger partial charge in [0.2, 0.25) is 0 Å². The van der Waals surface area contributed by atoms with Crippen LogP contribution >= 0.6 is 23.4 Å². The lowest BCUT2D eigenvalue weighted by Crippen LogP contribution is -2.30. The van der Waals surface area contributed by atoms with E-state index in [1.54, 1.807) is 30.3 Å². The number of benzene rings is 2. The maximum absolute atomic E-state index is 12.8. The van der Waals surface area contributed by atoms with Crippen LogP contribution in [0.25, 0.3) is 0 Å². The zero-order chi connectivity index (χ0) is 19.8. The summed E-state index contributed by atoms with van der Waals surface area (Å²) in [5, 5.41) is 2.99. The molecule has 0 spiro atoms. The maximum atomic E-state index is 12.8. The molecular formula is C19H19ClFNO4S. The summed E-state index contributed by atoms with van der Waals surface area (Å²) in [6.45, 7) is 1.49. The highest BCUT2D eigenvalue weighted by Crippen LogP contribution is 2.27. The van der Waals surface area contributed by atoms with Crippen LogP contribution in [0.15, 0.2) is 47.4 Å². The Hall–Kier alpha value is -2.25. The summed E-state index contributed by atoms with van der Waals surface area (Å²) in [6, 6.07) is 10.8. The van der Waals surface area contributed by atoms with Gasteiger partial charge in [-0.15, -0.1) is 11.8 Å². The van der Waals surface area contributed by atoms with Crippen molar-refractivity contribution in [3.63, 3.8) is 0 Å². The molecule has 0 heterocycles. The van der Waals surface area contributed by atoms with Crippen LogP contribution < -0.4 is 10.1 Å². The van der Waals surface area contributed by atoms with Crippen LogP contribution in [0.4, 0.5) is 10.1 Å². The van der Waals surface area contributed by atoms with Crippen LogP contribution in [0.3, 0.4) is 0 Å². The third-order valence-corrected chi connectivity index (χ3v) is 4.79. The molecule has 0 aliphatic heterocycles. The zero-order valence-corrected chi connectivity index (χ0v) is 16.4. The smallest absolute Gasteiger partial charge is 0.307 e. The highest BCUT2D eigenvalue weighted by atomic mass is 35.5. The lowest BCUT2D eigenvalue weighted by Gasteiger charge is -2.14. The molecule has 0 unspecified atom stereocenters. The van der Waals surface area contributed by atoms with Crippen molar-refractivity contribution in [2.75, 3.05) is 18.2 Å². The van der Waals surface area contributed by atoms with E-state index in [1.807, 2.05) is 0 Å². The molecule has 0 aromatic heterocycles. The fourth-order valence-electron chi connectivity index (χ4n) is 2.08. The monoisotopic (exact) mass is 411 g/mol. The van der Waals surface area contributed by atoms with Crippen molar-refractivity contribution < 1.29 is 23.5 Å². The fourth-order valence-corrected chi connectivity index (χ4v) is 3.17. The lowest BCUT2D eigenvalue weighted by atomic mass is 10.2. The van der Waals surface area contributed by atoms with E-state index in [0.717, 1.165) is 4.90 Å². The summed E-state index contributed by atoms with van der Waals surface area (Å²) < 4.78 is 23.0. The Bertz CT molecular complexity index is 801. The molecule has 1 amide bonds. The quantitative estimate of drug-likeness (QED) is 0.510. The van der Waals surface area contributed by atoms with Gasteiger partial charge in [-0.2, -0.15) is 0 Å². The number of hydrogen-bond acceptors (Lipinski definition) is 5. The van der Waals surface area contributed by atoms with Gasteiger partial charge < -0.3 is 14.8 Å². The molecule has 8 heteroatoms. The second-order valence-corrected chi connectivity index (χ2v) is 7.10. The summed E-state index contributed by atoms with van der Waals surface area (Å²) in [6.07, 6.45) is -0.817. The van der Waals surface area contributed by atoms with E-state index in [9.17, 15) is 14.0 Å². The fraction of sp³-hybridized carbons (Fsp3) is 0.263. The third-order valence-electron chi connectivity index (χ3n) is 3.49. The average molecular weight is 412 g/mol. The van der Waals surface area contributed by atoms with Crippen molar-refractivity contribution in [1.82, 2.24) is 0 Å². The summed E-state index contributed by atoms with van der Waals surface area (Å²) in [4.78, 5) is 24.9. The SMILES string of the molecule is COc1ccc(NC(=O)[C@@H](C)OC(=O)CCSc2ccc(F)cc2)cc1Cl. The molecule has 0 saturated heterocycles. The molecule has 0 aliphatic rings. The Morgan fingerprint density at radius 1 is 1.22 bits per heavy atom. The predicted molar refractivity (Wildman–Crippen MR) is 104 cm³/mol. The Morgan fingerprint density at radius 3 is 2.56 bits per heavy atom. The summed E-state index contributed by atoms with van der Waals surface area (Å²) in [7, 11) is 1.50. The number of rotatable bonds is 8. The largest absolute Gasteiger partial charge is 0.495 e. The highest BCUT2D eigenvalue weighted by Gasteiger charge is 2.18. The number of amides is 1. The minimum atomic E-state index is -0.950. The van der Waals surface area contributed by atoms with E-state index < -0.39 is 18.0 Å². The van der Waals surface area contributed by atoms with Crippen molar-refractivity contribution in [3.8, 4) is 5.75 Å². The Labute approximate surface area is 166 Å². The number of anilines is 1. The Morgan fingerprint density at radius 2 is 1.93 bits per heavy atom. The molecule has 0 aliphatic carbocycles. The van der Waals surface area contributed by atoms with Gasteiger partial charge in [-0.1, -0.05) is 11.6 Å². The number of thioether (sulfide) groups is 1. The first-order valence-corrected chi connectivity index (χ1v) is 9.47. The van der Waals surface area contributed by atoms with E-state index in [4.69, 9.17) is 21.1 Å². The molecule has 0 radical (unpaired) electrons. The molecule has 0 saturated carbocycles. The van der Waals surface area contributed by atoms with Crippen molar-refractivity contribution in [2.24, 2.45) is 0 Å². The Kier molecular flexibility index (Phi) is 7.94. The van der Waals surface area contributed by atoms with Gasteiger partial charge >= 0.3 is 5.97 Å². The van der Waals surface area contributed by atoms with Crippen molar-refractivity contribution in [2.45, 2.75) is 24.3 Å². The second-order valence-electron chi connectivity index (χ2n) is 5.52. The van der Waals surface area contributed by atoms with Crippen LogP contribution in [-0.2, 0) is 14.3 Å². The number of nitrogens with one attached hydrogen (secondary N) is 1. The van der Waals surface area contributed by atoms with E-state index >= 15 is 0 Å². The van der Waals surface area contributed by atoms with E-state index in [1.165, 1.54) is 37.9 Å². The van der Waals surface area contributed by atoms with Gasteiger partial charge in [-0.05, 0) is 49.4 Å². The number of halogens is 2. The number of methoxy groups -OCH3 is 1. The molecule has 2 aromatic carbocycles. The number of esters is 1. The first kappa shape index (κ1) is 21.1. The zero-order valence-electron chi connectivity index (χ0n) is 14.8. The van der Waals surface area contributed by atoms with Gasteiger partial charge in [-0.3, -0.25) is 9.59 Å². The minimum absolute atomic E-state index is 0.133. The molecule has 2 rings (SSSR count). The molecular weight excluding hydrogens is 393 g/mol. The standard InChI is InChI=1S/C19H19ClFNO4S/c1-12(19(24)22-14-5-8-17(25-2)16(20)11-14)26-18(23)9-10-27-15-6-3-13(21)4-7-15/h3-8,11-12H,9-10H2,1-2H3,(H,22,24)/t12-/m1/s1. The molecule has 1 N–H and O–H groups in total. The maximum Gasteiger partial charge on any atom is 0.307 e. The molecule has 0 bridgehead atoms. The van der Waals surface area contributed by atoms with Crippen molar-refractivity contribution in [1.29, 1.82) is 0 Å². The van der Waals surface area contributed by atoms with Gasteiger partial charge in [-0.25, -0.2) is 4.39 Å². The molecule has 0 fully saturated rings. The van der Waals surface area contributed by atoms with Gasteiger partial charge in [0.1, 0.15) is 11.6 Å². The van der Waals surface area contributed by atoms with E-state index in [2.05, 4.69) is 5.32 Å².